The summed E-state index contributed by atoms with van der Waals surface area (Å²) in [7, 11) is 0. The fourth-order valence-corrected chi connectivity index (χ4v) is 1.72. The number of aromatic nitrogens is 2. The quantitative estimate of drug-likeness (QED) is 0.407. The Bertz CT molecular complexity index is 244. The number of hydrogen-bond donors (Lipinski definition) is 0. The molecular formula is C4BrCl2IN2. The zero-order valence-corrected chi connectivity index (χ0v) is 9.66. The van der Waals surface area contributed by atoms with E-state index in [0.29, 0.717) is 13.3 Å². The summed E-state index contributed by atoms with van der Waals surface area (Å²) in [6, 6.07) is 0. The zero-order chi connectivity index (χ0) is 7.72. The van der Waals surface area contributed by atoms with Crippen molar-refractivity contribution in [2.45, 2.75) is 0 Å². The van der Waals surface area contributed by atoms with Gasteiger partial charge in [-0.3, -0.25) is 0 Å². The van der Waals surface area contributed by atoms with Crippen LogP contribution in [0.15, 0.2) is 4.47 Å². The lowest BCUT2D eigenvalue weighted by Crippen LogP contribution is -1.88. The summed E-state index contributed by atoms with van der Waals surface area (Å²) in [6.45, 7) is 0. The number of halogens is 4. The molecular weight excluding hydrogens is 354 g/mol. The van der Waals surface area contributed by atoms with Gasteiger partial charge in [0.25, 0.3) is 0 Å². The molecule has 0 saturated carbocycles. The second kappa shape index (κ2) is 3.51. The largest absolute Gasteiger partial charge is 0.224 e. The Hall–Kier alpha value is 0.870. The van der Waals surface area contributed by atoms with E-state index in [0.717, 1.165) is 0 Å². The van der Waals surface area contributed by atoms with Crippen LogP contribution in [0, 0.1) is 3.70 Å². The molecule has 0 bridgehead atoms. The Morgan fingerprint density at radius 2 is 1.90 bits per heavy atom. The maximum atomic E-state index is 5.63. The summed E-state index contributed by atoms with van der Waals surface area (Å²) < 4.78 is 1.39. The number of nitrogens with zero attached hydrogens (tertiary/aromatic N) is 2. The van der Waals surface area contributed by atoms with Gasteiger partial charge in [-0.2, -0.15) is 0 Å². The first-order valence-electron chi connectivity index (χ1n) is 2.15. The second-order valence-electron chi connectivity index (χ2n) is 1.39. The molecule has 1 aromatic rings. The van der Waals surface area contributed by atoms with Crippen LogP contribution in [-0.4, -0.2) is 9.97 Å². The smallest absolute Gasteiger partial charge is 0.211 e. The molecule has 1 rings (SSSR count). The molecule has 0 N–H and O–H groups in total. The Balaban J connectivity index is 3.31. The summed E-state index contributed by atoms with van der Waals surface area (Å²) in [5.74, 6) is 0. The molecule has 0 aliphatic carbocycles. The van der Waals surface area contributed by atoms with Crippen LogP contribution in [0.1, 0.15) is 0 Å². The number of rotatable bonds is 0. The van der Waals surface area contributed by atoms with E-state index in [1.54, 1.807) is 0 Å². The van der Waals surface area contributed by atoms with Gasteiger partial charge in [-0.05, 0) is 50.1 Å². The van der Waals surface area contributed by atoms with E-state index >= 15 is 0 Å². The molecule has 6 heteroatoms. The molecule has 0 aromatic carbocycles. The molecule has 54 valence electrons. The Kier molecular flexibility index (Phi) is 3.15. The summed E-state index contributed by atoms with van der Waals surface area (Å²) in [4.78, 5) is 7.55. The van der Waals surface area contributed by atoms with Gasteiger partial charge in [0.2, 0.25) is 5.28 Å². The fraction of sp³-hybridized carbons (Fsp3) is 0. The van der Waals surface area contributed by atoms with E-state index in [1.165, 1.54) is 0 Å². The highest BCUT2D eigenvalue weighted by atomic mass is 127. The van der Waals surface area contributed by atoms with Crippen LogP contribution in [0.3, 0.4) is 0 Å². The van der Waals surface area contributed by atoms with Gasteiger partial charge in [-0.1, -0.05) is 11.6 Å². The predicted molar refractivity (Wildman–Crippen MR) is 52.5 cm³/mol. The maximum Gasteiger partial charge on any atom is 0.224 e. The van der Waals surface area contributed by atoms with Crippen molar-refractivity contribution in [2.24, 2.45) is 0 Å². The molecule has 0 saturated heterocycles. The predicted octanol–water partition coefficient (Wildman–Crippen LogP) is 3.15. The lowest BCUT2D eigenvalue weighted by atomic mass is 10.7. The first kappa shape index (κ1) is 8.96. The van der Waals surface area contributed by atoms with Crippen molar-refractivity contribution in [1.82, 2.24) is 9.97 Å². The van der Waals surface area contributed by atoms with Gasteiger partial charge in [0.15, 0.2) is 0 Å². The molecule has 10 heavy (non-hydrogen) atoms. The van der Waals surface area contributed by atoms with Crippen LogP contribution in [0.4, 0.5) is 0 Å². The van der Waals surface area contributed by atoms with Gasteiger partial charge in [-0.15, -0.1) is 0 Å². The van der Waals surface area contributed by atoms with E-state index in [4.69, 9.17) is 23.2 Å². The molecule has 0 atom stereocenters. The molecule has 0 spiro atoms. The highest BCUT2D eigenvalue weighted by molar-refractivity contribution is 14.1. The van der Waals surface area contributed by atoms with E-state index in [9.17, 15) is 0 Å². The average Bonchev–Trinajstić information content (AvgIpc) is 1.82. The summed E-state index contributed by atoms with van der Waals surface area (Å²) >= 11 is 16.3. The maximum absolute atomic E-state index is 5.63. The van der Waals surface area contributed by atoms with Crippen LogP contribution >= 0.6 is 61.7 Å². The molecule has 0 unspecified atom stereocenters. The van der Waals surface area contributed by atoms with Crippen molar-refractivity contribution < 1.29 is 0 Å². The van der Waals surface area contributed by atoms with Crippen molar-refractivity contribution >= 4 is 61.7 Å². The minimum atomic E-state index is 0.164. The monoisotopic (exact) mass is 352 g/mol. The summed E-state index contributed by atoms with van der Waals surface area (Å²) in [6.07, 6.45) is 0. The van der Waals surface area contributed by atoms with Gasteiger partial charge in [0.1, 0.15) is 8.85 Å². The van der Waals surface area contributed by atoms with E-state index < -0.39 is 0 Å². The highest BCUT2D eigenvalue weighted by Crippen LogP contribution is 2.25. The minimum Gasteiger partial charge on any atom is -0.211 e. The normalized spacial score (nSPS) is 10.0. The fourth-order valence-electron chi connectivity index (χ4n) is 0.370. The van der Waals surface area contributed by atoms with Crippen LogP contribution in [0.5, 0.6) is 0 Å². The van der Waals surface area contributed by atoms with Crippen LogP contribution in [-0.2, 0) is 0 Å². The zero-order valence-electron chi connectivity index (χ0n) is 4.41. The molecule has 1 heterocycles. The van der Waals surface area contributed by atoms with E-state index in [-0.39, 0.29) is 5.28 Å². The molecule has 1 aromatic heterocycles. The van der Waals surface area contributed by atoms with Gasteiger partial charge >= 0.3 is 0 Å². The van der Waals surface area contributed by atoms with Gasteiger partial charge in [-0.25, -0.2) is 9.97 Å². The molecule has 0 radical (unpaired) electrons. The van der Waals surface area contributed by atoms with Crippen LogP contribution in [0.2, 0.25) is 10.4 Å². The van der Waals surface area contributed by atoms with Gasteiger partial charge in [0.05, 0.1) is 4.47 Å². The first-order valence-corrected chi connectivity index (χ1v) is 4.78. The third kappa shape index (κ3) is 1.93. The van der Waals surface area contributed by atoms with Crippen molar-refractivity contribution in [3.05, 3.63) is 18.6 Å². The van der Waals surface area contributed by atoms with Crippen LogP contribution < -0.4 is 0 Å². The molecule has 0 aliphatic rings. The van der Waals surface area contributed by atoms with E-state index in [2.05, 4.69) is 25.9 Å². The summed E-state index contributed by atoms with van der Waals surface area (Å²) in [5, 5.41) is 0.502. The topological polar surface area (TPSA) is 25.8 Å². The minimum absolute atomic E-state index is 0.164. The standard InChI is InChI=1S/C4BrCl2IN2/c5-1-2(6)9-4(7)10-3(1)8. The third-order valence-electron chi connectivity index (χ3n) is 0.743. The lowest BCUT2D eigenvalue weighted by molar-refractivity contribution is 1.12. The highest BCUT2D eigenvalue weighted by Gasteiger charge is 2.05. The van der Waals surface area contributed by atoms with Crippen molar-refractivity contribution in [2.75, 3.05) is 0 Å². The van der Waals surface area contributed by atoms with Crippen molar-refractivity contribution in [3.8, 4) is 0 Å². The molecule has 0 amide bonds. The molecule has 0 fully saturated rings. The van der Waals surface area contributed by atoms with E-state index in [1.807, 2.05) is 22.6 Å². The van der Waals surface area contributed by atoms with Gasteiger partial charge < -0.3 is 0 Å². The third-order valence-corrected chi connectivity index (χ3v) is 3.69. The summed E-state index contributed by atoms with van der Waals surface area (Å²) in [5.41, 5.74) is 0. The Morgan fingerprint density at radius 1 is 1.30 bits per heavy atom. The van der Waals surface area contributed by atoms with Crippen molar-refractivity contribution in [1.29, 1.82) is 0 Å². The second-order valence-corrected chi connectivity index (χ2v) is 3.90. The van der Waals surface area contributed by atoms with Gasteiger partial charge in [0, 0.05) is 0 Å². The first-order chi connectivity index (χ1) is 4.61. The average molecular weight is 354 g/mol. The SMILES string of the molecule is Clc1nc(Cl)c(Br)c(I)n1. The van der Waals surface area contributed by atoms with Crippen molar-refractivity contribution in [3.63, 3.8) is 0 Å². The lowest BCUT2D eigenvalue weighted by Gasteiger charge is -1.96. The molecule has 0 aliphatic heterocycles. The molecule has 2 nitrogen and oxygen atoms in total. The van der Waals surface area contributed by atoms with Crippen LogP contribution in [0.25, 0.3) is 0 Å². The Labute approximate surface area is 89.6 Å². The Morgan fingerprint density at radius 3 is 2.40 bits per heavy atom. The number of hydrogen-bond acceptors (Lipinski definition) is 2.